The molecule has 1 saturated heterocycles. The maximum atomic E-state index is 6.40. The Morgan fingerprint density at radius 2 is 2.20 bits per heavy atom. The van der Waals surface area contributed by atoms with Gasteiger partial charge in [-0.05, 0) is 26.8 Å². The molecule has 1 aromatic rings. The van der Waals surface area contributed by atoms with Crippen LogP contribution in [0.3, 0.4) is 0 Å². The molecule has 20 heavy (non-hydrogen) atoms. The van der Waals surface area contributed by atoms with Crippen LogP contribution in [0.15, 0.2) is 18.2 Å². The summed E-state index contributed by atoms with van der Waals surface area (Å²) in [7, 11) is 1.69. The van der Waals surface area contributed by atoms with Crippen molar-refractivity contribution in [3.8, 4) is 5.75 Å². The maximum Gasteiger partial charge on any atom is 0.123 e. The molecule has 1 unspecified atom stereocenters. The zero-order valence-corrected chi connectivity index (χ0v) is 13.0. The van der Waals surface area contributed by atoms with E-state index in [1.807, 2.05) is 12.1 Å². The second-order valence-electron chi connectivity index (χ2n) is 6.20. The zero-order valence-electron chi connectivity index (χ0n) is 13.0. The summed E-state index contributed by atoms with van der Waals surface area (Å²) >= 11 is 0. The first kappa shape index (κ1) is 15.3. The van der Waals surface area contributed by atoms with Crippen LogP contribution in [0.2, 0.25) is 0 Å². The van der Waals surface area contributed by atoms with Gasteiger partial charge < -0.3 is 15.2 Å². The molecule has 1 heterocycles. The van der Waals surface area contributed by atoms with Crippen LogP contribution < -0.4 is 10.5 Å². The minimum Gasteiger partial charge on any atom is -0.496 e. The highest BCUT2D eigenvalue weighted by Crippen LogP contribution is 2.26. The van der Waals surface area contributed by atoms with Crippen LogP contribution in [0, 0.1) is 6.92 Å². The van der Waals surface area contributed by atoms with Gasteiger partial charge in [-0.3, -0.25) is 4.90 Å². The lowest BCUT2D eigenvalue weighted by molar-refractivity contribution is -0.0870. The van der Waals surface area contributed by atoms with Crippen molar-refractivity contribution in [1.29, 1.82) is 0 Å². The van der Waals surface area contributed by atoms with Gasteiger partial charge in [0.2, 0.25) is 0 Å². The normalized spacial score (nSPS) is 20.6. The Morgan fingerprint density at radius 1 is 1.45 bits per heavy atom. The van der Waals surface area contributed by atoms with Gasteiger partial charge in [-0.15, -0.1) is 0 Å². The van der Waals surface area contributed by atoms with Crippen LogP contribution in [0.25, 0.3) is 0 Å². The Morgan fingerprint density at radius 3 is 2.85 bits per heavy atom. The molecule has 1 aliphatic rings. The monoisotopic (exact) mass is 278 g/mol. The smallest absolute Gasteiger partial charge is 0.123 e. The van der Waals surface area contributed by atoms with Crippen LogP contribution in [-0.2, 0) is 4.74 Å². The number of hydrogen-bond donors (Lipinski definition) is 1. The molecule has 0 aliphatic carbocycles. The number of hydrogen-bond acceptors (Lipinski definition) is 4. The van der Waals surface area contributed by atoms with Crippen molar-refractivity contribution in [1.82, 2.24) is 4.90 Å². The van der Waals surface area contributed by atoms with Crippen molar-refractivity contribution in [2.75, 3.05) is 33.4 Å². The fraction of sp³-hybridized carbons (Fsp3) is 0.625. The zero-order chi connectivity index (χ0) is 14.8. The molecule has 4 nitrogen and oxygen atoms in total. The van der Waals surface area contributed by atoms with Crippen LogP contribution in [-0.4, -0.2) is 43.9 Å². The van der Waals surface area contributed by atoms with E-state index in [2.05, 4.69) is 31.7 Å². The molecule has 0 aromatic heterocycles. The van der Waals surface area contributed by atoms with Crippen molar-refractivity contribution in [3.63, 3.8) is 0 Å². The topological polar surface area (TPSA) is 47.7 Å². The molecular formula is C16H26N2O2. The number of benzene rings is 1. The molecule has 112 valence electrons. The van der Waals surface area contributed by atoms with Crippen molar-refractivity contribution < 1.29 is 9.47 Å². The fourth-order valence-electron chi connectivity index (χ4n) is 2.79. The third kappa shape index (κ3) is 3.72. The predicted octanol–water partition coefficient (Wildman–Crippen LogP) is 2.11. The summed E-state index contributed by atoms with van der Waals surface area (Å²) in [5.74, 6) is 0.871. The van der Waals surface area contributed by atoms with Crippen molar-refractivity contribution in [2.45, 2.75) is 32.4 Å². The summed E-state index contributed by atoms with van der Waals surface area (Å²) in [6.07, 6.45) is 0. The highest BCUT2D eigenvalue weighted by Gasteiger charge is 2.28. The maximum absolute atomic E-state index is 6.40. The Kier molecular flexibility index (Phi) is 4.68. The van der Waals surface area contributed by atoms with Gasteiger partial charge in [0, 0.05) is 31.2 Å². The summed E-state index contributed by atoms with van der Waals surface area (Å²) in [4.78, 5) is 2.37. The van der Waals surface area contributed by atoms with Crippen LogP contribution in [0.5, 0.6) is 5.75 Å². The summed E-state index contributed by atoms with van der Waals surface area (Å²) in [5.41, 5.74) is 8.60. The third-order valence-electron chi connectivity index (χ3n) is 3.74. The molecule has 2 N–H and O–H groups in total. The molecule has 0 amide bonds. The standard InChI is InChI=1S/C16H26N2O2/c1-12-5-6-15(19-4)13(9-12)14(17)10-18-7-8-20-16(2,3)11-18/h5-6,9,14H,7-8,10-11,17H2,1-4H3. The number of nitrogens with zero attached hydrogens (tertiary/aromatic N) is 1. The van der Waals surface area contributed by atoms with E-state index in [-0.39, 0.29) is 11.6 Å². The quantitative estimate of drug-likeness (QED) is 0.916. The molecule has 0 radical (unpaired) electrons. The second-order valence-corrected chi connectivity index (χ2v) is 6.20. The van der Waals surface area contributed by atoms with E-state index >= 15 is 0 Å². The molecule has 1 fully saturated rings. The molecule has 4 heteroatoms. The van der Waals surface area contributed by atoms with Gasteiger partial charge in [0.15, 0.2) is 0 Å². The van der Waals surface area contributed by atoms with E-state index in [0.717, 1.165) is 37.6 Å². The number of aryl methyl sites for hydroxylation is 1. The predicted molar refractivity (Wildman–Crippen MR) is 81.1 cm³/mol. The minimum atomic E-state index is -0.0886. The lowest BCUT2D eigenvalue weighted by Crippen LogP contribution is -2.50. The van der Waals surface area contributed by atoms with Crippen molar-refractivity contribution >= 4 is 0 Å². The fourth-order valence-corrected chi connectivity index (χ4v) is 2.79. The van der Waals surface area contributed by atoms with Crippen molar-refractivity contribution in [3.05, 3.63) is 29.3 Å². The van der Waals surface area contributed by atoms with E-state index in [4.69, 9.17) is 15.2 Å². The molecule has 2 rings (SSSR count). The lowest BCUT2D eigenvalue weighted by Gasteiger charge is -2.39. The number of methoxy groups -OCH3 is 1. The molecular weight excluding hydrogens is 252 g/mol. The van der Waals surface area contributed by atoms with Gasteiger partial charge in [-0.1, -0.05) is 17.7 Å². The number of nitrogens with two attached hydrogens (primary N) is 1. The van der Waals surface area contributed by atoms with Crippen LogP contribution in [0.1, 0.15) is 31.0 Å². The van der Waals surface area contributed by atoms with Gasteiger partial charge in [0.05, 0.1) is 19.3 Å². The van der Waals surface area contributed by atoms with E-state index < -0.39 is 0 Å². The van der Waals surface area contributed by atoms with E-state index in [0.29, 0.717) is 0 Å². The Hall–Kier alpha value is -1.10. The highest BCUT2D eigenvalue weighted by molar-refractivity contribution is 5.39. The van der Waals surface area contributed by atoms with Crippen LogP contribution >= 0.6 is 0 Å². The van der Waals surface area contributed by atoms with Gasteiger partial charge >= 0.3 is 0 Å². The number of morpholine rings is 1. The average molecular weight is 278 g/mol. The van der Waals surface area contributed by atoms with Crippen LogP contribution in [0.4, 0.5) is 0 Å². The summed E-state index contributed by atoms with van der Waals surface area (Å²) in [6, 6.07) is 6.12. The molecule has 1 aromatic carbocycles. The van der Waals surface area contributed by atoms with E-state index in [9.17, 15) is 0 Å². The SMILES string of the molecule is COc1ccc(C)cc1C(N)CN1CCOC(C)(C)C1. The first-order valence-corrected chi connectivity index (χ1v) is 7.18. The van der Waals surface area contributed by atoms with E-state index in [1.165, 1.54) is 5.56 Å². The molecule has 0 saturated carbocycles. The highest BCUT2D eigenvalue weighted by atomic mass is 16.5. The van der Waals surface area contributed by atoms with Gasteiger partial charge in [0.25, 0.3) is 0 Å². The van der Waals surface area contributed by atoms with E-state index in [1.54, 1.807) is 7.11 Å². The van der Waals surface area contributed by atoms with Gasteiger partial charge in [-0.2, -0.15) is 0 Å². The average Bonchev–Trinajstić information content (AvgIpc) is 2.37. The summed E-state index contributed by atoms with van der Waals surface area (Å²) in [5, 5.41) is 0. The largest absolute Gasteiger partial charge is 0.496 e. The summed E-state index contributed by atoms with van der Waals surface area (Å²) in [6.45, 7) is 9.76. The number of ether oxygens (including phenoxy) is 2. The number of rotatable bonds is 4. The Balaban J connectivity index is 2.08. The minimum absolute atomic E-state index is 0.0428. The van der Waals surface area contributed by atoms with Crippen molar-refractivity contribution in [2.24, 2.45) is 5.73 Å². The van der Waals surface area contributed by atoms with Gasteiger partial charge in [-0.25, -0.2) is 0 Å². The lowest BCUT2D eigenvalue weighted by atomic mass is 10.0. The van der Waals surface area contributed by atoms with Gasteiger partial charge in [0.1, 0.15) is 5.75 Å². The first-order chi connectivity index (χ1) is 9.41. The first-order valence-electron chi connectivity index (χ1n) is 7.18. The Labute approximate surface area is 121 Å². The summed E-state index contributed by atoms with van der Waals surface area (Å²) < 4.78 is 11.2. The third-order valence-corrected chi connectivity index (χ3v) is 3.74. The second kappa shape index (κ2) is 6.12. The Bertz CT molecular complexity index is 460. The molecule has 0 bridgehead atoms. The molecule has 0 spiro atoms. The molecule has 1 aliphatic heterocycles. The molecule has 1 atom stereocenters.